The van der Waals surface area contributed by atoms with Crippen molar-refractivity contribution < 1.29 is 14.7 Å². The molecule has 0 spiro atoms. The highest BCUT2D eigenvalue weighted by atomic mass is 35.5. The smallest absolute Gasteiger partial charge is 0.323 e. The van der Waals surface area contributed by atoms with E-state index in [0.717, 1.165) is 4.90 Å². The second kappa shape index (κ2) is 6.29. The van der Waals surface area contributed by atoms with Crippen molar-refractivity contribution in [2.45, 2.75) is 0 Å². The van der Waals surface area contributed by atoms with E-state index in [1.807, 2.05) is 0 Å². The van der Waals surface area contributed by atoms with E-state index in [2.05, 4.69) is 5.92 Å². The summed E-state index contributed by atoms with van der Waals surface area (Å²) < 4.78 is 0. The first-order chi connectivity index (χ1) is 8.47. The van der Waals surface area contributed by atoms with Crippen LogP contribution in [-0.4, -0.2) is 35.0 Å². The molecule has 0 unspecified atom stereocenters. The van der Waals surface area contributed by atoms with E-state index in [0.29, 0.717) is 0 Å². The van der Waals surface area contributed by atoms with Crippen molar-refractivity contribution in [1.82, 2.24) is 4.90 Å². The fourth-order valence-corrected chi connectivity index (χ4v) is 1.69. The Kier molecular flexibility index (Phi) is 5.02. The van der Waals surface area contributed by atoms with Crippen molar-refractivity contribution in [1.29, 1.82) is 0 Å². The van der Waals surface area contributed by atoms with Gasteiger partial charge in [-0.25, -0.2) is 0 Å². The summed E-state index contributed by atoms with van der Waals surface area (Å²) in [5, 5.41) is 9.01. The van der Waals surface area contributed by atoms with E-state index < -0.39 is 18.4 Å². The third kappa shape index (κ3) is 3.39. The average molecular weight is 286 g/mol. The van der Waals surface area contributed by atoms with Gasteiger partial charge >= 0.3 is 5.97 Å². The number of carbonyl (C=O) groups excluding carboxylic acids is 1. The highest BCUT2D eigenvalue weighted by molar-refractivity contribution is 6.43. The molecule has 0 bridgehead atoms. The quantitative estimate of drug-likeness (QED) is 0.863. The second-order valence-corrected chi connectivity index (χ2v) is 4.15. The molecule has 0 radical (unpaired) electrons. The third-order valence-corrected chi connectivity index (χ3v) is 2.90. The van der Waals surface area contributed by atoms with E-state index in [1.54, 1.807) is 6.07 Å². The number of hydrogen-bond acceptors (Lipinski definition) is 2. The molecule has 0 saturated carbocycles. The van der Waals surface area contributed by atoms with Gasteiger partial charge in [-0.1, -0.05) is 35.2 Å². The largest absolute Gasteiger partial charge is 0.480 e. The Balaban J connectivity index is 3.06. The zero-order valence-corrected chi connectivity index (χ0v) is 10.7. The standard InChI is InChI=1S/C12H9Cl2NO3/c1-2-6-15(7-10(16)17)12(18)8-4-3-5-9(13)11(8)14/h1,3-5H,6-7H2,(H,16,17). The number of carboxylic acids is 1. The molecule has 0 aliphatic heterocycles. The van der Waals surface area contributed by atoms with Crippen molar-refractivity contribution in [3.05, 3.63) is 33.8 Å². The predicted octanol–water partition coefficient (Wildman–Crippen LogP) is 2.15. The van der Waals surface area contributed by atoms with Crippen LogP contribution in [0.3, 0.4) is 0 Å². The molecular formula is C12H9Cl2NO3. The van der Waals surface area contributed by atoms with Crippen LogP contribution < -0.4 is 0 Å². The van der Waals surface area contributed by atoms with Crippen molar-refractivity contribution in [3.63, 3.8) is 0 Å². The van der Waals surface area contributed by atoms with Gasteiger partial charge in [0, 0.05) is 0 Å². The van der Waals surface area contributed by atoms with Gasteiger partial charge in [-0.15, -0.1) is 6.42 Å². The molecular weight excluding hydrogens is 277 g/mol. The number of aliphatic carboxylic acids is 1. The monoisotopic (exact) mass is 285 g/mol. The minimum Gasteiger partial charge on any atom is -0.480 e. The zero-order valence-electron chi connectivity index (χ0n) is 9.19. The second-order valence-electron chi connectivity index (χ2n) is 3.36. The average Bonchev–Trinajstić information content (AvgIpc) is 2.31. The van der Waals surface area contributed by atoms with Gasteiger partial charge in [-0.05, 0) is 12.1 Å². The Bertz CT molecular complexity index is 523. The Labute approximate surface area is 114 Å². The van der Waals surface area contributed by atoms with Crippen molar-refractivity contribution >= 4 is 35.1 Å². The molecule has 0 aliphatic rings. The van der Waals surface area contributed by atoms with Crippen LogP contribution in [0.1, 0.15) is 10.4 Å². The minimum atomic E-state index is -1.16. The van der Waals surface area contributed by atoms with Crippen LogP contribution in [-0.2, 0) is 4.79 Å². The Morgan fingerprint density at radius 2 is 2.06 bits per heavy atom. The molecule has 0 aliphatic carbocycles. The van der Waals surface area contributed by atoms with Gasteiger partial charge in [-0.3, -0.25) is 9.59 Å². The molecule has 4 nitrogen and oxygen atoms in total. The molecule has 0 saturated heterocycles. The number of carbonyl (C=O) groups is 2. The summed E-state index contributed by atoms with van der Waals surface area (Å²) in [4.78, 5) is 23.7. The zero-order chi connectivity index (χ0) is 13.7. The number of halogens is 2. The van der Waals surface area contributed by atoms with Gasteiger partial charge in [0.25, 0.3) is 5.91 Å². The number of nitrogens with zero attached hydrogens (tertiary/aromatic N) is 1. The molecule has 0 aromatic heterocycles. The van der Waals surface area contributed by atoms with Gasteiger partial charge < -0.3 is 10.0 Å². The Morgan fingerprint density at radius 1 is 1.39 bits per heavy atom. The van der Waals surface area contributed by atoms with Gasteiger partial charge in [0.15, 0.2) is 0 Å². The molecule has 1 aromatic rings. The molecule has 0 fully saturated rings. The van der Waals surface area contributed by atoms with Crippen LogP contribution in [0.15, 0.2) is 18.2 Å². The number of benzene rings is 1. The first-order valence-electron chi connectivity index (χ1n) is 4.86. The molecule has 0 heterocycles. The summed E-state index contributed by atoms with van der Waals surface area (Å²) in [5.41, 5.74) is 0.126. The molecule has 0 atom stereocenters. The van der Waals surface area contributed by atoms with E-state index in [1.165, 1.54) is 12.1 Å². The molecule has 18 heavy (non-hydrogen) atoms. The first kappa shape index (κ1) is 14.4. The summed E-state index contributed by atoms with van der Waals surface area (Å²) in [7, 11) is 0. The number of amides is 1. The lowest BCUT2D eigenvalue weighted by Crippen LogP contribution is -2.36. The lowest BCUT2D eigenvalue weighted by molar-refractivity contribution is -0.137. The van der Waals surface area contributed by atoms with Gasteiger partial charge in [0.2, 0.25) is 0 Å². The van der Waals surface area contributed by atoms with Crippen LogP contribution in [0.25, 0.3) is 0 Å². The molecule has 94 valence electrons. The van der Waals surface area contributed by atoms with Crippen LogP contribution in [0.5, 0.6) is 0 Å². The first-order valence-corrected chi connectivity index (χ1v) is 5.61. The molecule has 1 amide bonds. The van der Waals surface area contributed by atoms with E-state index in [9.17, 15) is 9.59 Å². The topological polar surface area (TPSA) is 57.6 Å². The van der Waals surface area contributed by atoms with E-state index in [4.69, 9.17) is 34.7 Å². The highest BCUT2D eigenvalue weighted by Crippen LogP contribution is 2.26. The Hall–Kier alpha value is -1.70. The summed E-state index contributed by atoms with van der Waals surface area (Å²) in [5.74, 6) is 0.501. The van der Waals surface area contributed by atoms with Gasteiger partial charge in [0.1, 0.15) is 6.54 Å². The normalized spacial score (nSPS) is 9.61. The summed E-state index contributed by atoms with van der Waals surface area (Å²) in [6, 6.07) is 4.54. The maximum absolute atomic E-state index is 12.1. The molecule has 6 heteroatoms. The van der Waals surface area contributed by atoms with Crippen LogP contribution in [0.4, 0.5) is 0 Å². The SMILES string of the molecule is C#CCN(CC(=O)O)C(=O)c1cccc(Cl)c1Cl. The Morgan fingerprint density at radius 3 is 2.61 bits per heavy atom. The number of terminal acetylenes is 1. The third-order valence-electron chi connectivity index (χ3n) is 2.08. The van der Waals surface area contributed by atoms with E-state index in [-0.39, 0.29) is 22.2 Å². The van der Waals surface area contributed by atoms with Crippen LogP contribution in [0.2, 0.25) is 10.0 Å². The van der Waals surface area contributed by atoms with Crippen LogP contribution in [0, 0.1) is 12.3 Å². The fraction of sp³-hybridized carbons (Fsp3) is 0.167. The molecule has 1 rings (SSSR count). The van der Waals surface area contributed by atoms with Crippen LogP contribution >= 0.6 is 23.2 Å². The predicted molar refractivity (Wildman–Crippen MR) is 68.8 cm³/mol. The summed E-state index contributed by atoms with van der Waals surface area (Å²) in [6.07, 6.45) is 5.09. The van der Waals surface area contributed by atoms with E-state index >= 15 is 0 Å². The fourth-order valence-electron chi connectivity index (χ4n) is 1.31. The summed E-state index contributed by atoms with van der Waals surface area (Å²) in [6.45, 7) is -0.611. The molecule has 1 N–H and O–H groups in total. The highest BCUT2D eigenvalue weighted by Gasteiger charge is 2.20. The van der Waals surface area contributed by atoms with Crippen molar-refractivity contribution in [3.8, 4) is 12.3 Å². The lowest BCUT2D eigenvalue weighted by atomic mass is 10.2. The van der Waals surface area contributed by atoms with Crippen molar-refractivity contribution in [2.75, 3.05) is 13.1 Å². The van der Waals surface area contributed by atoms with Crippen molar-refractivity contribution in [2.24, 2.45) is 0 Å². The maximum atomic E-state index is 12.1. The van der Waals surface area contributed by atoms with Gasteiger partial charge in [-0.2, -0.15) is 0 Å². The number of hydrogen-bond donors (Lipinski definition) is 1. The molecule has 1 aromatic carbocycles. The number of rotatable bonds is 4. The minimum absolute atomic E-state index is 0.0802. The number of carboxylic acid groups (broad SMARTS) is 1. The van der Waals surface area contributed by atoms with Gasteiger partial charge in [0.05, 0.1) is 22.2 Å². The lowest BCUT2D eigenvalue weighted by Gasteiger charge is -2.18. The maximum Gasteiger partial charge on any atom is 0.323 e. The summed E-state index contributed by atoms with van der Waals surface area (Å²) >= 11 is 11.7.